The maximum Gasteiger partial charge on any atom is 0.317 e. The Bertz CT molecular complexity index is 457. The molecule has 0 heterocycles. The van der Waals surface area contributed by atoms with Gasteiger partial charge in [0.15, 0.2) is 0 Å². The van der Waals surface area contributed by atoms with Crippen molar-refractivity contribution in [3.63, 3.8) is 0 Å². The smallest absolute Gasteiger partial charge is 0.317 e. The zero-order valence-corrected chi connectivity index (χ0v) is 8.99. The van der Waals surface area contributed by atoms with Crippen LogP contribution >= 0.6 is 0 Å². The van der Waals surface area contributed by atoms with Crippen molar-refractivity contribution in [2.45, 2.75) is 13.3 Å². The Balaban J connectivity index is 2.57. The Kier molecular flexibility index (Phi) is 4.63. The summed E-state index contributed by atoms with van der Waals surface area (Å²) in [5.74, 6) is 5.23. The van der Waals surface area contributed by atoms with E-state index < -0.39 is 0 Å². The molecule has 0 unspecified atom stereocenters. The first-order chi connectivity index (χ1) is 7.76. The fourth-order valence-electron chi connectivity index (χ4n) is 1.06. The minimum Gasteiger partial charge on any atom is -0.465 e. The third kappa shape index (κ3) is 3.86. The Labute approximate surface area is 94.7 Å². The van der Waals surface area contributed by atoms with E-state index in [4.69, 9.17) is 10.00 Å². The molecular weight excluding hydrogens is 202 g/mol. The van der Waals surface area contributed by atoms with Crippen LogP contribution in [-0.2, 0) is 9.53 Å². The van der Waals surface area contributed by atoms with Gasteiger partial charge in [-0.25, -0.2) is 0 Å². The zero-order valence-electron chi connectivity index (χ0n) is 8.99. The lowest BCUT2D eigenvalue weighted by atomic mass is 10.1. The predicted molar refractivity (Wildman–Crippen MR) is 59.3 cm³/mol. The quantitative estimate of drug-likeness (QED) is 0.556. The molecule has 0 aromatic heterocycles. The number of hydrogen-bond acceptors (Lipinski definition) is 3. The van der Waals surface area contributed by atoms with Crippen molar-refractivity contribution in [3.05, 3.63) is 35.4 Å². The molecule has 3 heteroatoms. The lowest BCUT2D eigenvalue weighted by molar-refractivity contribution is -0.141. The standard InChI is InChI=1S/C13H11NO2/c1-2-16-13(15)5-3-4-11-6-8-12(10-14)9-7-11/h6-9H,2,5H2,1H3. The van der Waals surface area contributed by atoms with Crippen LogP contribution in [0, 0.1) is 23.2 Å². The summed E-state index contributed by atoms with van der Waals surface area (Å²) in [6, 6.07) is 8.89. The number of ether oxygens (including phenoxy) is 1. The van der Waals surface area contributed by atoms with Crippen LogP contribution in [0.5, 0.6) is 0 Å². The molecule has 0 bridgehead atoms. The number of nitrogens with zero attached hydrogens (tertiary/aromatic N) is 1. The molecular formula is C13H11NO2. The third-order valence-corrected chi connectivity index (χ3v) is 1.78. The summed E-state index contributed by atoms with van der Waals surface area (Å²) >= 11 is 0. The Morgan fingerprint density at radius 3 is 2.50 bits per heavy atom. The van der Waals surface area contributed by atoms with Gasteiger partial charge in [0.05, 0.1) is 18.2 Å². The molecule has 0 radical (unpaired) electrons. The molecule has 1 rings (SSSR count). The summed E-state index contributed by atoms with van der Waals surface area (Å²) < 4.78 is 4.73. The van der Waals surface area contributed by atoms with Crippen LogP contribution in [0.25, 0.3) is 0 Å². The molecule has 0 saturated carbocycles. The summed E-state index contributed by atoms with van der Waals surface area (Å²) in [6.45, 7) is 2.13. The van der Waals surface area contributed by atoms with Crippen LogP contribution in [-0.4, -0.2) is 12.6 Å². The van der Waals surface area contributed by atoms with Gasteiger partial charge < -0.3 is 4.74 Å². The van der Waals surface area contributed by atoms with E-state index in [0.717, 1.165) is 5.56 Å². The molecule has 80 valence electrons. The maximum atomic E-state index is 11.0. The van der Waals surface area contributed by atoms with Gasteiger partial charge in [-0.15, -0.1) is 0 Å². The lowest BCUT2D eigenvalue weighted by Gasteiger charge is -1.94. The second kappa shape index (κ2) is 6.27. The second-order valence-corrected chi connectivity index (χ2v) is 2.97. The van der Waals surface area contributed by atoms with Gasteiger partial charge in [-0.1, -0.05) is 11.8 Å². The molecule has 0 spiro atoms. The molecule has 1 aromatic carbocycles. The van der Waals surface area contributed by atoms with E-state index in [9.17, 15) is 4.79 Å². The molecule has 1 aromatic rings. The summed E-state index contributed by atoms with van der Waals surface area (Å²) in [5.41, 5.74) is 1.37. The topological polar surface area (TPSA) is 50.1 Å². The highest BCUT2D eigenvalue weighted by Crippen LogP contribution is 2.01. The van der Waals surface area contributed by atoms with Gasteiger partial charge in [0.25, 0.3) is 0 Å². The van der Waals surface area contributed by atoms with Crippen LogP contribution in [0.4, 0.5) is 0 Å². The average Bonchev–Trinajstić information content (AvgIpc) is 2.30. The van der Waals surface area contributed by atoms with E-state index in [1.807, 2.05) is 6.07 Å². The van der Waals surface area contributed by atoms with Gasteiger partial charge in [-0.3, -0.25) is 4.79 Å². The van der Waals surface area contributed by atoms with Crippen LogP contribution < -0.4 is 0 Å². The van der Waals surface area contributed by atoms with Crippen molar-refractivity contribution in [3.8, 4) is 17.9 Å². The highest BCUT2D eigenvalue weighted by molar-refractivity contribution is 5.72. The van der Waals surface area contributed by atoms with Gasteiger partial charge >= 0.3 is 5.97 Å². The van der Waals surface area contributed by atoms with E-state index in [1.54, 1.807) is 31.2 Å². The fourth-order valence-corrected chi connectivity index (χ4v) is 1.06. The van der Waals surface area contributed by atoms with E-state index in [-0.39, 0.29) is 12.4 Å². The number of carbonyl (C=O) groups excluding carboxylic acids is 1. The maximum absolute atomic E-state index is 11.0. The Morgan fingerprint density at radius 2 is 1.94 bits per heavy atom. The molecule has 0 aliphatic heterocycles. The number of esters is 1. The van der Waals surface area contributed by atoms with Crippen molar-refractivity contribution < 1.29 is 9.53 Å². The van der Waals surface area contributed by atoms with Crippen LogP contribution in [0.15, 0.2) is 24.3 Å². The molecule has 0 atom stereocenters. The first kappa shape index (κ1) is 11.8. The number of hydrogen-bond donors (Lipinski definition) is 0. The van der Waals surface area contributed by atoms with E-state index in [2.05, 4.69) is 11.8 Å². The summed E-state index contributed by atoms with van der Waals surface area (Å²) in [4.78, 5) is 11.0. The van der Waals surface area contributed by atoms with Crippen molar-refractivity contribution in [2.24, 2.45) is 0 Å². The van der Waals surface area contributed by atoms with Gasteiger partial charge in [0.1, 0.15) is 6.42 Å². The van der Waals surface area contributed by atoms with Crippen LogP contribution in [0.1, 0.15) is 24.5 Å². The van der Waals surface area contributed by atoms with Crippen LogP contribution in [0.3, 0.4) is 0 Å². The van der Waals surface area contributed by atoms with Gasteiger partial charge in [-0.2, -0.15) is 5.26 Å². The van der Waals surface area contributed by atoms with Crippen molar-refractivity contribution in [2.75, 3.05) is 6.61 Å². The molecule has 0 fully saturated rings. The third-order valence-electron chi connectivity index (χ3n) is 1.78. The summed E-state index contributed by atoms with van der Waals surface area (Å²) in [5, 5.41) is 8.59. The molecule has 0 N–H and O–H groups in total. The van der Waals surface area contributed by atoms with E-state index >= 15 is 0 Å². The summed E-state index contributed by atoms with van der Waals surface area (Å²) in [6.07, 6.45) is 0.0911. The minimum atomic E-state index is -0.316. The highest BCUT2D eigenvalue weighted by atomic mass is 16.5. The molecule has 3 nitrogen and oxygen atoms in total. The lowest BCUT2D eigenvalue weighted by Crippen LogP contribution is -2.01. The molecule has 0 saturated heterocycles. The zero-order chi connectivity index (χ0) is 11.8. The minimum absolute atomic E-state index is 0.0911. The van der Waals surface area contributed by atoms with E-state index in [0.29, 0.717) is 12.2 Å². The molecule has 0 aliphatic rings. The second-order valence-electron chi connectivity index (χ2n) is 2.97. The largest absolute Gasteiger partial charge is 0.465 e. The first-order valence-electron chi connectivity index (χ1n) is 4.91. The van der Waals surface area contributed by atoms with Crippen molar-refractivity contribution in [1.82, 2.24) is 0 Å². The van der Waals surface area contributed by atoms with Gasteiger partial charge in [0, 0.05) is 5.56 Å². The SMILES string of the molecule is CCOC(=O)CC#Cc1ccc(C#N)cc1. The predicted octanol–water partition coefficient (Wildman–Crippen LogP) is 1.86. The van der Waals surface area contributed by atoms with Crippen LogP contribution in [0.2, 0.25) is 0 Å². The average molecular weight is 213 g/mol. The number of carbonyl (C=O) groups is 1. The van der Waals surface area contributed by atoms with Gasteiger partial charge in [-0.05, 0) is 31.2 Å². The van der Waals surface area contributed by atoms with Gasteiger partial charge in [0.2, 0.25) is 0 Å². The number of benzene rings is 1. The summed E-state index contributed by atoms with van der Waals surface area (Å²) in [7, 11) is 0. The van der Waals surface area contributed by atoms with E-state index in [1.165, 1.54) is 0 Å². The normalized spacial score (nSPS) is 8.50. The monoisotopic (exact) mass is 213 g/mol. The van der Waals surface area contributed by atoms with Crippen molar-refractivity contribution >= 4 is 5.97 Å². The molecule has 16 heavy (non-hydrogen) atoms. The van der Waals surface area contributed by atoms with Crippen molar-refractivity contribution in [1.29, 1.82) is 5.26 Å². The first-order valence-corrected chi connectivity index (χ1v) is 4.91. The Morgan fingerprint density at radius 1 is 1.31 bits per heavy atom. The number of rotatable bonds is 2. The number of nitriles is 1. The highest BCUT2D eigenvalue weighted by Gasteiger charge is 1.96. The fraction of sp³-hybridized carbons (Fsp3) is 0.231. The molecule has 0 aliphatic carbocycles. The Hall–Kier alpha value is -2.26. The molecule has 0 amide bonds.